The van der Waals surface area contributed by atoms with E-state index in [0.29, 0.717) is 6.54 Å². The Morgan fingerprint density at radius 1 is 1.18 bits per heavy atom. The minimum atomic E-state index is -0.410. The van der Waals surface area contributed by atoms with Crippen LogP contribution in [0.5, 0.6) is 0 Å². The second-order valence-electron chi connectivity index (χ2n) is 5.51. The fourth-order valence-electron chi connectivity index (χ4n) is 2.68. The van der Waals surface area contributed by atoms with Crippen LogP contribution < -0.4 is 10.6 Å². The first-order valence-corrected chi connectivity index (χ1v) is 7.35. The van der Waals surface area contributed by atoms with Crippen molar-refractivity contribution in [3.63, 3.8) is 0 Å². The molecule has 0 spiro atoms. The Morgan fingerprint density at radius 3 is 2.59 bits per heavy atom. The molecule has 1 aromatic carbocycles. The number of nitrogens with zero attached hydrogens (tertiary/aromatic N) is 1. The minimum Gasteiger partial charge on any atom is -0.469 e. The van der Waals surface area contributed by atoms with Crippen molar-refractivity contribution in [2.45, 2.75) is 18.8 Å². The summed E-state index contributed by atoms with van der Waals surface area (Å²) in [5, 5.41) is 0. The van der Waals surface area contributed by atoms with E-state index in [1.54, 1.807) is 11.2 Å². The van der Waals surface area contributed by atoms with Crippen LogP contribution >= 0.6 is 0 Å². The summed E-state index contributed by atoms with van der Waals surface area (Å²) >= 11 is 0. The van der Waals surface area contributed by atoms with E-state index in [4.69, 9.17) is 10.2 Å². The molecular weight excluding hydrogens is 280 g/mol. The third kappa shape index (κ3) is 3.03. The van der Waals surface area contributed by atoms with Crippen LogP contribution in [-0.2, 0) is 9.59 Å². The predicted molar refractivity (Wildman–Crippen MR) is 82.2 cm³/mol. The standard InChI is InChI=1S/C17H18N2O3/c18-16(20)8-9-19(12-5-2-1-3-6-12)17(21)14-11-13(14)15-7-4-10-22-15/h1-7,10,13-14H,8-9,11H2,(H2,18,20)/t13-,14+/m0/s1. The summed E-state index contributed by atoms with van der Waals surface area (Å²) in [5.41, 5.74) is 6.01. The lowest BCUT2D eigenvalue weighted by Gasteiger charge is -2.22. The second-order valence-corrected chi connectivity index (χ2v) is 5.51. The minimum absolute atomic E-state index is 0.0221. The number of para-hydroxylation sites is 1. The van der Waals surface area contributed by atoms with Gasteiger partial charge in [0.15, 0.2) is 0 Å². The first kappa shape index (κ1) is 14.4. The molecule has 1 heterocycles. The molecule has 0 saturated heterocycles. The molecule has 0 bridgehead atoms. The fraction of sp³-hybridized carbons (Fsp3) is 0.294. The Bertz CT molecular complexity index is 652. The lowest BCUT2D eigenvalue weighted by molar-refractivity contribution is -0.120. The maximum absolute atomic E-state index is 12.8. The SMILES string of the molecule is NC(=O)CCN(C(=O)[C@@H]1C[C@@H]1c1ccco1)c1ccccc1. The van der Waals surface area contributed by atoms with Gasteiger partial charge in [0.25, 0.3) is 0 Å². The number of primary amides is 1. The number of carbonyl (C=O) groups is 2. The molecule has 114 valence electrons. The summed E-state index contributed by atoms with van der Waals surface area (Å²) < 4.78 is 5.38. The first-order valence-electron chi connectivity index (χ1n) is 7.35. The van der Waals surface area contributed by atoms with Crippen molar-refractivity contribution >= 4 is 17.5 Å². The first-order chi connectivity index (χ1) is 10.7. The highest BCUT2D eigenvalue weighted by Crippen LogP contribution is 2.49. The van der Waals surface area contributed by atoms with Gasteiger partial charge in [0.05, 0.1) is 6.26 Å². The van der Waals surface area contributed by atoms with Crippen LogP contribution in [0.15, 0.2) is 53.1 Å². The van der Waals surface area contributed by atoms with Crippen molar-refractivity contribution in [2.24, 2.45) is 11.7 Å². The van der Waals surface area contributed by atoms with Gasteiger partial charge in [-0.2, -0.15) is 0 Å². The van der Waals surface area contributed by atoms with E-state index in [-0.39, 0.29) is 24.2 Å². The largest absolute Gasteiger partial charge is 0.469 e. The smallest absolute Gasteiger partial charge is 0.230 e. The van der Waals surface area contributed by atoms with Crippen molar-refractivity contribution in [1.82, 2.24) is 0 Å². The quantitative estimate of drug-likeness (QED) is 0.889. The van der Waals surface area contributed by atoms with Crippen LogP contribution in [0, 0.1) is 5.92 Å². The zero-order valence-electron chi connectivity index (χ0n) is 12.1. The molecule has 22 heavy (non-hydrogen) atoms. The van der Waals surface area contributed by atoms with Crippen molar-refractivity contribution in [3.8, 4) is 0 Å². The monoisotopic (exact) mass is 298 g/mol. The van der Waals surface area contributed by atoms with Gasteiger partial charge in [0.1, 0.15) is 5.76 Å². The number of anilines is 1. The summed E-state index contributed by atoms with van der Waals surface area (Å²) in [5.74, 6) is 0.517. The average molecular weight is 298 g/mol. The van der Waals surface area contributed by atoms with Crippen molar-refractivity contribution in [3.05, 3.63) is 54.5 Å². The third-order valence-electron chi connectivity index (χ3n) is 3.93. The second kappa shape index (κ2) is 6.05. The highest BCUT2D eigenvalue weighted by molar-refractivity contribution is 5.97. The van der Waals surface area contributed by atoms with E-state index in [2.05, 4.69) is 0 Å². The molecule has 0 aliphatic heterocycles. The summed E-state index contributed by atoms with van der Waals surface area (Å²) in [6, 6.07) is 13.1. The maximum atomic E-state index is 12.8. The summed E-state index contributed by atoms with van der Waals surface area (Å²) in [7, 11) is 0. The molecule has 3 rings (SSSR count). The topological polar surface area (TPSA) is 76.5 Å². The Labute approximate surface area is 128 Å². The molecule has 1 aliphatic rings. The van der Waals surface area contributed by atoms with Gasteiger partial charge >= 0.3 is 0 Å². The highest BCUT2D eigenvalue weighted by atomic mass is 16.3. The van der Waals surface area contributed by atoms with Gasteiger partial charge in [0, 0.05) is 30.5 Å². The number of carbonyl (C=O) groups excluding carboxylic acids is 2. The molecule has 0 unspecified atom stereocenters. The van der Waals surface area contributed by atoms with Crippen molar-refractivity contribution in [2.75, 3.05) is 11.4 Å². The van der Waals surface area contributed by atoms with Gasteiger partial charge < -0.3 is 15.1 Å². The fourth-order valence-corrected chi connectivity index (χ4v) is 2.68. The number of rotatable bonds is 6. The number of amides is 2. The molecule has 2 aromatic rings. The van der Waals surface area contributed by atoms with Crippen molar-refractivity contribution in [1.29, 1.82) is 0 Å². The lowest BCUT2D eigenvalue weighted by Crippen LogP contribution is -2.35. The van der Waals surface area contributed by atoms with Crippen LogP contribution in [0.3, 0.4) is 0 Å². The normalized spacial score (nSPS) is 19.6. The zero-order chi connectivity index (χ0) is 15.5. The Morgan fingerprint density at radius 2 is 1.95 bits per heavy atom. The van der Waals surface area contributed by atoms with E-state index in [9.17, 15) is 9.59 Å². The average Bonchev–Trinajstić information content (AvgIpc) is 3.13. The van der Waals surface area contributed by atoms with Gasteiger partial charge in [-0.05, 0) is 30.7 Å². The van der Waals surface area contributed by atoms with E-state index < -0.39 is 5.91 Å². The van der Waals surface area contributed by atoms with E-state index in [1.807, 2.05) is 42.5 Å². The summed E-state index contributed by atoms with van der Waals surface area (Å²) in [6.45, 7) is 0.305. The lowest BCUT2D eigenvalue weighted by atomic mass is 10.2. The Hall–Kier alpha value is -2.56. The van der Waals surface area contributed by atoms with Gasteiger partial charge in [-0.3, -0.25) is 9.59 Å². The molecule has 0 radical (unpaired) electrons. The molecule has 1 fully saturated rings. The van der Waals surface area contributed by atoms with E-state index >= 15 is 0 Å². The Kier molecular flexibility index (Phi) is 3.96. The summed E-state index contributed by atoms with van der Waals surface area (Å²) in [6.07, 6.45) is 2.56. The molecule has 5 nitrogen and oxygen atoms in total. The van der Waals surface area contributed by atoms with Gasteiger partial charge in [0.2, 0.25) is 11.8 Å². The number of hydrogen-bond acceptors (Lipinski definition) is 3. The van der Waals surface area contributed by atoms with Gasteiger partial charge in [-0.1, -0.05) is 18.2 Å². The molecule has 1 aromatic heterocycles. The highest BCUT2D eigenvalue weighted by Gasteiger charge is 2.47. The molecule has 1 aliphatic carbocycles. The van der Waals surface area contributed by atoms with E-state index in [0.717, 1.165) is 17.9 Å². The maximum Gasteiger partial charge on any atom is 0.230 e. The number of hydrogen-bond donors (Lipinski definition) is 1. The predicted octanol–water partition coefficient (Wildman–Crippen LogP) is 2.29. The third-order valence-corrected chi connectivity index (χ3v) is 3.93. The van der Waals surface area contributed by atoms with Crippen LogP contribution in [0.25, 0.3) is 0 Å². The molecule has 1 saturated carbocycles. The number of furan rings is 1. The molecular formula is C17H18N2O3. The van der Waals surface area contributed by atoms with Crippen molar-refractivity contribution < 1.29 is 14.0 Å². The van der Waals surface area contributed by atoms with Crippen LogP contribution in [0.1, 0.15) is 24.5 Å². The summed E-state index contributed by atoms with van der Waals surface area (Å²) in [4.78, 5) is 25.5. The van der Waals surface area contributed by atoms with Crippen LogP contribution in [0.4, 0.5) is 5.69 Å². The van der Waals surface area contributed by atoms with Gasteiger partial charge in [-0.25, -0.2) is 0 Å². The van der Waals surface area contributed by atoms with E-state index in [1.165, 1.54) is 0 Å². The van der Waals surface area contributed by atoms with Crippen LogP contribution in [-0.4, -0.2) is 18.4 Å². The van der Waals surface area contributed by atoms with Crippen LogP contribution in [0.2, 0.25) is 0 Å². The van der Waals surface area contributed by atoms with Gasteiger partial charge in [-0.15, -0.1) is 0 Å². The zero-order valence-corrected chi connectivity index (χ0v) is 12.1. The molecule has 5 heteroatoms. The molecule has 2 N–H and O–H groups in total. The number of nitrogens with two attached hydrogens (primary N) is 1. The molecule has 2 amide bonds. The Balaban J connectivity index is 1.74. The number of benzene rings is 1. The molecule has 2 atom stereocenters.